The van der Waals surface area contributed by atoms with Crippen LogP contribution in [0.15, 0.2) is 0 Å². The Morgan fingerprint density at radius 1 is 1.44 bits per heavy atom. The molecule has 0 aromatic carbocycles. The molecule has 106 valence electrons. The Morgan fingerprint density at radius 3 is 2.83 bits per heavy atom. The van der Waals surface area contributed by atoms with Gasteiger partial charge in [0.1, 0.15) is 0 Å². The van der Waals surface area contributed by atoms with Crippen LogP contribution < -0.4 is 5.73 Å². The predicted molar refractivity (Wildman–Crippen MR) is 71.3 cm³/mol. The normalized spacial score (nSPS) is 37.6. The number of nitrogens with two attached hydrogens (primary N) is 1. The molecule has 6 heteroatoms. The van der Waals surface area contributed by atoms with E-state index in [1.165, 1.54) is 0 Å². The number of methoxy groups -OCH3 is 1. The molecule has 2 fully saturated rings. The molecule has 0 aromatic rings. The zero-order valence-corrected chi connectivity index (χ0v) is 11.9. The van der Waals surface area contributed by atoms with Gasteiger partial charge in [0.05, 0.1) is 17.6 Å². The lowest BCUT2D eigenvalue weighted by Crippen LogP contribution is -2.63. The first-order chi connectivity index (χ1) is 8.51. The van der Waals surface area contributed by atoms with Crippen LogP contribution in [0.1, 0.15) is 25.7 Å². The SMILES string of the molecule is COC1CCCN(C2(CN)CCCS(=O)(=O)C2)C1. The average molecular weight is 276 g/mol. The molecule has 0 aromatic heterocycles. The fourth-order valence-corrected chi connectivity index (χ4v) is 5.27. The van der Waals surface area contributed by atoms with Crippen LogP contribution in [-0.4, -0.2) is 63.2 Å². The lowest BCUT2D eigenvalue weighted by atomic mass is 9.90. The third-order valence-corrected chi connectivity index (χ3v) is 6.24. The zero-order chi connectivity index (χ0) is 13.2. The predicted octanol–water partition coefficient (Wildman–Crippen LogP) is 0.00330. The molecule has 2 aliphatic rings. The van der Waals surface area contributed by atoms with Gasteiger partial charge in [0.25, 0.3) is 0 Å². The van der Waals surface area contributed by atoms with Crippen molar-refractivity contribution in [1.29, 1.82) is 0 Å². The van der Waals surface area contributed by atoms with Gasteiger partial charge in [0.2, 0.25) is 0 Å². The van der Waals surface area contributed by atoms with Crippen LogP contribution in [0.4, 0.5) is 0 Å². The van der Waals surface area contributed by atoms with Crippen LogP contribution in [0.2, 0.25) is 0 Å². The van der Waals surface area contributed by atoms with Gasteiger partial charge in [-0.1, -0.05) is 0 Å². The van der Waals surface area contributed by atoms with E-state index in [-0.39, 0.29) is 17.4 Å². The standard InChI is InChI=1S/C12H24N2O3S/c1-17-11-4-2-6-14(8-11)12(9-13)5-3-7-18(15,16)10-12/h11H,2-10,13H2,1H3. The van der Waals surface area contributed by atoms with Crippen molar-refractivity contribution in [3.05, 3.63) is 0 Å². The summed E-state index contributed by atoms with van der Waals surface area (Å²) >= 11 is 0. The van der Waals surface area contributed by atoms with Gasteiger partial charge >= 0.3 is 0 Å². The fraction of sp³-hybridized carbons (Fsp3) is 1.00. The molecule has 0 radical (unpaired) electrons. The molecule has 0 saturated carbocycles. The number of rotatable bonds is 3. The summed E-state index contributed by atoms with van der Waals surface area (Å²) < 4.78 is 29.2. The number of sulfone groups is 1. The highest BCUT2D eigenvalue weighted by atomic mass is 32.2. The van der Waals surface area contributed by atoms with E-state index in [0.717, 1.165) is 38.8 Å². The monoisotopic (exact) mass is 276 g/mol. The molecule has 0 amide bonds. The second kappa shape index (κ2) is 5.45. The largest absolute Gasteiger partial charge is 0.380 e. The smallest absolute Gasteiger partial charge is 0.152 e. The van der Waals surface area contributed by atoms with Crippen LogP contribution in [0.5, 0.6) is 0 Å². The summed E-state index contributed by atoms with van der Waals surface area (Å²) in [5.74, 6) is 0.531. The molecule has 2 N–H and O–H groups in total. The van der Waals surface area contributed by atoms with Crippen molar-refractivity contribution in [2.24, 2.45) is 5.73 Å². The first-order valence-corrected chi connectivity index (χ1v) is 8.52. The maximum absolute atomic E-state index is 11.9. The summed E-state index contributed by atoms with van der Waals surface area (Å²) in [7, 11) is -1.22. The van der Waals surface area contributed by atoms with Gasteiger partial charge in [-0.15, -0.1) is 0 Å². The Morgan fingerprint density at radius 2 is 2.22 bits per heavy atom. The second-order valence-corrected chi connectivity index (χ2v) is 7.75. The maximum atomic E-state index is 11.9. The fourth-order valence-electron chi connectivity index (χ4n) is 3.28. The van der Waals surface area contributed by atoms with Crippen molar-refractivity contribution in [2.45, 2.75) is 37.3 Å². The molecule has 2 atom stereocenters. The van der Waals surface area contributed by atoms with E-state index in [0.29, 0.717) is 12.3 Å². The zero-order valence-electron chi connectivity index (χ0n) is 11.1. The number of likely N-dealkylation sites (tertiary alicyclic amines) is 1. The molecule has 0 spiro atoms. The van der Waals surface area contributed by atoms with Crippen LogP contribution in [-0.2, 0) is 14.6 Å². The van der Waals surface area contributed by atoms with E-state index < -0.39 is 9.84 Å². The minimum atomic E-state index is -2.94. The van der Waals surface area contributed by atoms with Crippen LogP contribution in [0.3, 0.4) is 0 Å². The summed E-state index contributed by atoms with van der Waals surface area (Å²) in [5.41, 5.74) is 5.58. The number of hydrogen-bond donors (Lipinski definition) is 1. The van der Waals surface area contributed by atoms with Crippen LogP contribution in [0.25, 0.3) is 0 Å². The van der Waals surface area contributed by atoms with Gasteiger partial charge in [-0.3, -0.25) is 4.90 Å². The van der Waals surface area contributed by atoms with Crippen LogP contribution in [0, 0.1) is 0 Å². The molecular formula is C12H24N2O3S. The van der Waals surface area contributed by atoms with Crippen molar-refractivity contribution in [3.63, 3.8) is 0 Å². The Labute approximate surface area is 110 Å². The van der Waals surface area contributed by atoms with E-state index in [2.05, 4.69) is 4.90 Å². The number of ether oxygens (including phenoxy) is 1. The van der Waals surface area contributed by atoms with Gasteiger partial charge in [-0.05, 0) is 32.2 Å². The highest BCUT2D eigenvalue weighted by Crippen LogP contribution is 2.31. The van der Waals surface area contributed by atoms with Crippen molar-refractivity contribution >= 4 is 9.84 Å². The van der Waals surface area contributed by atoms with Gasteiger partial charge in [-0.2, -0.15) is 0 Å². The van der Waals surface area contributed by atoms with E-state index in [1.807, 2.05) is 0 Å². The lowest BCUT2D eigenvalue weighted by Gasteiger charge is -2.48. The third-order valence-electron chi connectivity index (χ3n) is 4.35. The molecule has 2 saturated heterocycles. The molecule has 0 bridgehead atoms. The van der Waals surface area contributed by atoms with Crippen LogP contribution >= 0.6 is 0 Å². The highest BCUT2D eigenvalue weighted by Gasteiger charge is 2.43. The van der Waals surface area contributed by atoms with Gasteiger partial charge in [-0.25, -0.2) is 8.42 Å². The van der Waals surface area contributed by atoms with Crippen molar-refractivity contribution in [2.75, 3.05) is 38.2 Å². The van der Waals surface area contributed by atoms with E-state index in [9.17, 15) is 8.42 Å². The first-order valence-electron chi connectivity index (χ1n) is 6.70. The molecule has 5 nitrogen and oxygen atoms in total. The summed E-state index contributed by atoms with van der Waals surface area (Å²) in [6.07, 6.45) is 3.94. The lowest BCUT2D eigenvalue weighted by molar-refractivity contribution is -0.0142. The second-order valence-electron chi connectivity index (χ2n) is 5.57. The highest BCUT2D eigenvalue weighted by molar-refractivity contribution is 7.91. The third kappa shape index (κ3) is 2.87. The molecule has 2 unspecified atom stereocenters. The molecule has 2 rings (SSSR count). The first kappa shape index (κ1) is 14.2. The molecule has 2 aliphatic heterocycles. The molecule has 18 heavy (non-hydrogen) atoms. The quantitative estimate of drug-likeness (QED) is 0.786. The Hall–Kier alpha value is -0.170. The number of piperidine rings is 1. The van der Waals surface area contributed by atoms with Gasteiger partial charge < -0.3 is 10.5 Å². The van der Waals surface area contributed by atoms with E-state index >= 15 is 0 Å². The molecule has 2 heterocycles. The summed E-state index contributed by atoms with van der Waals surface area (Å²) in [5, 5.41) is 0. The summed E-state index contributed by atoms with van der Waals surface area (Å²) in [6.45, 7) is 2.17. The number of hydrogen-bond acceptors (Lipinski definition) is 5. The van der Waals surface area contributed by atoms with E-state index in [1.54, 1.807) is 7.11 Å². The number of nitrogens with zero attached hydrogens (tertiary/aromatic N) is 1. The van der Waals surface area contributed by atoms with Crippen molar-refractivity contribution in [3.8, 4) is 0 Å². The maximum Gasteiger partial charge on any atom is 0.152 e. The molecule has 0 aliphatic carbocycles. The van der Waals surface area contributed by atoms with Gasteiger partial charge in [0, 0.05) is 25.7 Å². The van der Waals surface area contributed by atoms with Gasteiger partial charge in [0.15, 0.2) is 9.84 Å². The molecular weight excluding hydrogens is 252 g/mol. The Kier molecular flexibility index (Phi) is 4.31. The summed E-state index contributed by atoms with van der Waals surface area (Å²) in [4.78, 5) is 2.27. The minimum absolute atomic E-state index is 0.215. The van der Waals surface area contributed by atoms with Crippen molar-refractivity contribution < 1.29 is 13.2 Å². The summed E-state index contributed by atoms with van der Waals surface area (Å²) in [6, 6.07) is 0. The topological polar surface area (TPSA) is 72.6 Å². The minimum Gasteiger partial charge on any atom is -0.380 e. The average Bonchev–Trinajstić information content (AvgIpc) is 2.37. The van der Waals surface area contributed by atoms with E-state index in [4.69, 9.17) is 10.5 Å². The Balaban J connectivity index is 2.16. The Bertz CT molecular complexity index is 385. The van der Waals surface area contributed by atoms with Crippen molar-refractivity contribution in [1.82, 2.24) is 4.90 Å².